The molecule has 0 saturated carbocycles. The van der Waals surface area contributed by atoms with E-state index in [1.165, 1.54) is 6.07 Å². The monoisotopic (exact) mass is 195 g/mol. The van der Waals surface area contributed by atoms with E-state index in [1.54, 1.807) is 17.9 Å². The van der Waals surface area contributed by atoms with Crippen LogP contribution in [-0.2, 0) is 7.05 Å². The summed E-state index contributed by atoms with van der Waals surface area (Å²) >= 11 is 5.69. The molecule has 0 radical (unpaired) electrons. The standard InChI is InChI=1S/C8H6ClN3O/c1-12-3-6-5(4-13)2-7(9)10-8(6)11-12/h2-4H,1H3. The van der Waals surface area contributed by atoms with Gasteiger partial charge in [-0.3, -0.25) is 9.48 Å². The summed E-state index contributed by atoms with van der Waals surface area (Å²) in [5.74, 6) is 0. The highest BCUT2D eigenvalue weighted by Gasteiger charge is 2.06. The Morgan fingerprint density at radius 2 is 2.38 bits per heavy atom. The van der Waals surface area contributed by atoms with Crippen molar-refractivity contribution < 1.29 is 4.79 Å². The normalized spacial score (nSPS) is 10.6. The molecule has 0 aliphatic rings. The van der Waals surface area contributed by atoms with E-state index in [4.69, 9.17) is 11.6 Å². The van der Waals surface area contributed by atoms with Gasteiger partial charge in [0.05, 0.1) is 0 Å². The van der Waals surface area contributed by atoms with Crippen LogP contribution >= 0.6 is 11.6 Å². The largest absolute Gasteiger partial charge is 0.298 e. The van der Waals surface area contributed by atoms with Gasteiger partial charge in [-0.05, 0) is 6.07 Å². The Labute approximate surface area is 79.1 Å². The van der Waals surface area contributed by atoms with Gasteiger partial charge in [-0.2, -0.15) is 5.10 Å². The van der Waals surface area contributed by atoms with Gasteiger partial charge in [-0.25, -0.2) is 4.98 Å². The molecule has 2 aromatic heterocycles. The van der Waals surface area contributed by atoms with E-state index in [2.05, 4.69) is 10.1 Å². The molecule has 0 aliphatic heterocycles. The Hall–Kier alpha value is -1.42. The van der Waals surface area contributed by atoms with E-state index in [-0.39, 0.29) is 5.15 Å². The Kier molecular flexibility index (Phi) is 1.77. The molecular formula is C8H6ClN3O. The fourth-order valence-electron chi connectivity index (χ4n) is 1.20. The van der Waals surface area contributed by atoms with Crippen LogP contribution in [0.2, 0.25) is 5.15 Å². The molecular weight excluding hydrogens is 190 g/mol. The van der Waals surface area contributed by atoms with Gasteiger partial charge in [-0.15, -0.1) is 0 Å². The molecule has 2 heterocycles. The highest BCUT2D eigenvalue weighted by atomic mass is 35.5. The average molecular weight is 196 g/mol. The maximum atomic E-state index is 10.7. The minimum absolute atomic E-state index is 0.285. The predicted octanol–water partition coefficient (Wildman–Crippen LogP) is 1.43. The summed E-state index contributed by atoms with van der Waals surface area (Å²) in [6.45, 7) is 0. The van der Waals surface area contributed by atoms with Crippen LogP contribution in [0, 0.1) is 0 Å². The van der Waals surface area contributed by atoms with Crippen LogP contribution in [0.5, 0.6) is 0 Å². The van der Waals surface area contributed by atoms with E-state index in [0.717, 1.165) is 11.7 Å². The van der Waals surface area contributed by atoms with E-state index < -0.39 is 0 Å². The summed E-state index contributed by atoms with van der Waals surface area (Å²) in [7, 11) is 1.77. The highest BCUT2D eigenvalue weighted by Crippen LogP contribution is 2.17. The molecule has 5 heteroatoms. The van der Waals surface area contributed by atoms with Crippen molar-refractivity contribution in [2.24, 2.45) is 7.05 Å². The van der Waals surface area contributed by atoms with Crippen molar-refractivity contribution in [1.29, 1.82) is 0 Å². The second kappa shape index (κ2) is 2.81. The molecule has 0 aromatic carbocycles. The summed E-state index contributed by atoms with van der Waals surface area (Å²) in [6, 6.07) is 1.53. The lowest BCUT2D eigenvalue weighted by atomic mass is 10.2. The lowest BCUT2D eigenvalue weighted by molar-refractivity contribution is 0.112. The Balaban J connectivity index is 2.88. The number of aromatic nitrogens is 3. The zero-order chi connectivity index (χ0) is 9.42. The maximum Gasteiger partial charge on any atom is 0.183 e. The van der Waals surface area contributed by atoms with Gasteiger partial charge < -0.3 is 0 Å². The molecule has 0 N–H and O–H groups in total. The molecule has 4 nitrogen and oxygen atoms in total. The number of aldehydes is 1. The van der Waals surface area contributed by atoms with Crippen LogP contribution in [0.3, 0.4) is 0 Å². The van der Waals surface area contributed by atoms with Gasteiger partial charge in [0, 0.05) is 24.2 Å². The first-order chi connectivity index (χ1) is 6.20. The van der Waals surface area contributed by atoms with E-state index in [1.807, 2.05) is 0 Å². The van der Waals surface area contributed by atoms with Crippen LogP contribution in [0.25, 0.3) is 11.0 Å². The first kappa shape index (κ1) is 8.19. The number of rotatable bonds is 1. The molecule has 0 amide bonds. The van der Waals surface area contributed by atoms with Crippen molar-refractivity contribution in [3.8, 4) is 0 Å². The Bertz CT molecular complexity index is 477. The number of hydrogen-bond acceptors (Lipinski definition) is 3. The van der Waals surface area contributed by atoms with Crippen molar-refractivity contribution in [3.05, 3.63) is 23.0 Å². The lowest BCUT2D eigenvalue weighted by Gasteiger charge is -1.92. The number of pyridine rings is 1. The fourth-order valence-corrected chi connectivity index (χ4v) is 1.40. The second-order valence-electron chi connectivity index (χ2n) is 2.69. The van der Waals surface area contributed by atoms with Crippen LogP contribution in [0.4, 0.5) is 0 Å². The molecule has 0 bridgehead atoms. The first-order valence-corrected chi connectivity index (χ1v) is 4.03. The minimum Gasteiger partial charge on any atom is -0.298 e. The summed E-state index contributed by atoms with van der Waals surface area (Å²) in [4.78, 5) is 14.6. The fraction of sp³-hybridized carbons (Fsp3) is 0.125. The maximum absolute atomic E-state index is 10.7. The molecule has 0 aliphatic carbocycles. The zero-order valence-corrected chi connectivity index (χ0v) is 7.62. The van der Waals surface area contributed by atoms with Crippen molar-refractivity contribution in [2.75, 3.05) is 0 Å². The second-order valence-corrected chi connectivity index (χ2v) is 3.08. The van der Waals surface area contributed by atoms with Crippen LogP contribution in [0.15, 0.2) is 12.3 Å². The number of halogens is 1. The van der Waals surface area contributed by atoms with Gasteiger partial charge in [0.2, 0.25) is 0 Å². The van der Waals surface area contributed by atoms with Gasteiger partial charge >= 0.3 is 0 Å². The van der Waals surface area contributed by atoms with E-state index in [0.29, 0.717) is 11.2 Å². The third-order valence-corrected chi connectivity index (χ3v) is 1.93. The van der Waals surface area contributed by atoms with E-state index >= 15 is 0 Å². The molecule has 0 spiro atoms. The lowest BCUT2D eigenvalue weighted by Crippen LogP contribution is -1.86. The number of hydrogen-bond donors (Lipinski definition) is 0. The Morgan fingerprint density at radius 1 is 1.62 bits per heavy atom. The van der Waals surface area contributed by atoms with Crippen LogP contribution in [0.1, 0.15) is 10.4 Å². The molecule has 2 rings (SSSR count). The summed E-state index contributed by atoms with van der Waals surface area (Å²) in [5.41, 5.74) is 1.01. The van der Waals surface area contributed by atoms with Crippen molar-refractivity contribution in [1.82, 2.24) is 14.8 Å². The molecule has 0 fully saturated rings. The summed E-state index contributed by atoms with van der Waals surface area (Å²) < 4.78 is 1.60. The zero-order valence-electron chi connectivity index (χ0n) is 6.86. The quantitative estimate of drug-likeness (QED) is 0.511. The third-order valence-electron chi connectivity index (χ3n) is 1.73. The predicted molar refractivity (Wildman–Crippen MR) is 48.9 cm³/mol. The topological polar surface area (TPSA) is 47.8 Å². The molecule has 13 heavy (non-hydrogen) atoms. The number of carbonyl (C=O) groups is 1. The number of nitrogens with zero attached hydrogens (tertiary/aromatic N) is 3. The first-order valence-electron chi connectivity index (χ1n) is 3.66. The van der Waals surface area contributed by atoms with Crippen LogP contribution < -0.4 is 0 Å². The van der Waals surface area contributed by atoms with Crippen molar-refractivity contribution >= 4 is 28.9 Å². The summed E-state index contributed by atoms with van der Waals surface area (Å²) in [5, 5.41) is 5.05. The van der Waals surface area contributed by atoms with Crippen molar-refractivity contribution in [2.45, 2.75) is 0 Å². The molecule has 66 valence electrons. The highest BCUT2D eigenvalue weighted by molar-refractivity contribution is 6.30. The van der Waals surface area contributed by atoms with Crippen LogP contribution in [-0.4, -0.2) is 21.1 Å². The summed E-state index contributed by atoms with van der Waals surface area (Å²) in [6.07, 6.45) is 2.49. The molecule has 0 unspecified atom stereocenters. The SMILES string of the molecule is Cn1cc2c(C=O)cc(Cl)nc2n1. The molecule has 2 aromatic rings. The minimum atomic E-state index is 0.285. The molecule has 0 saturated heterocycles. The molecule has 0 atom stereocenters. The van der Waals surface area contributed by atoms with Gasteiger partial charge in [-0.1, -0.05) is 11.6 Å². The third kappa shape index (κ3) is 1.29. The van der Waals surface area contributed by atoms with E-state index in [9.17, 15) is 4.79 Å². The van der Waals surface area contributed by atoms with Crippen molar-refractivity contribution in [3.63, 3.8) is 0 Å². The van der Waals surface area contributed by atoms with Gasteiger partial charge in [0.15, 0.2) is 11.9 Å². The number of carbonyl (C=O) groups excluding carboxylic acids is 1. The van der Waals surface area contributed by atoms with Gasteiger partial charge in [0.25, 0.3) is 0 Å². The van der Waals surface area contributed by atoms with Gasteiger partial charge in [0.1, 0.15) is 5.15 Å². The average Bonchev–Trinajstić information content (AvgIpc) is 2.43. The number of aryl methyl sites for hydroxylation is 1. The Morgan fingerprint density at radius 3 is 3.08 bits per heavy atom. The number of fused-ring (bicyclic) bond motifs is 1. The smallest absolute Gasteiger partial charge is 0.183 e.